The molecule has 0 unspecified atom stereocenters. The third-order valence-electron chi connectivity index (χ3n) is 3.97. The number of thiazole rings is 1. The van der Waals surface area contributed by atoms with Crippen molar-refractivity contribution < 1.29 is 4.79 Å². The second kappa shape index (κ2) is 6.26. The Kier molecular flexibility index (Phi) is 4.20. The average molecular weight is 301 g/mol. The molecule has 1 aliphatic carbocycles. The summed E-state index contributed by atoms with van der Waals surface area (Å²) in [6, 6.07) is 8.41. The van der Waals surface area contributed by atoms with Gasteiger partial charge in [-0.2, -0.15) is 0 Å². The number of anilines is 1. The Balaban J connectivity index is 1.50. The molecule has 1 aliphatic rings. The summed E-state index contributed by atoms with van der Waals surface area (Å²) < 4.78 is 0. The molecule has 5 heteroatoms. The standard InChI is InChI=1S/C16H19N3OS/c17-16-19-14(10-21-16)7-8-18-15(20)13-6-5-11-3-1-2-4-12(11)9-13/h1-4,10,13H,5-9H2,(H2,17,19)(H,18,20)/t13-/m1/s1. The molecule has 3 N–H and O–H groups in total. The Morgan fingerprint density at radius 2 is 2.19 bits per heavy atom. The predicted octanol–water partition coefficient (Wildman–Crippen LogP) is 2.19. The monoisotopic (exact) mass is 301 g/mol. The molecule has 3 rings (SSSR count). The van der Waals surface area contributed by atoms with Gasteiger partial charge in [0.25, 0.3) is 0 Å². The van der Waals surface area contributed by atoms with Crippen LogP contribution < -0.4 is 11.1 Å². The van der Waals surface area contributed by atoms with Gasteiger partial charge in [0.05, 0.1) is 5.69 Å². The molecule has 1 heterocycles. The van der Waals surface area contributed by atoms with E-state index in [4.69, 9.17) is 5.73 Å². The molecule has 0 aliphatic heterocycles. The number of rotatable bonds is 4. The third kappa shape index (κ3) is 3.42. The Morgan fingerprint density at radius 3 is 2.95 bits per heavy atom. The molecule has 0 bridgehead atoms. The van der Waals surface area contributed by atoms with Crippen LogP contribution in [0.1, 0.15) is 23.2 Å². The average Bonchev–Trinajstić information content (AvgIpc) is 2.92. The first-order valence-corrected chi connectivity index (χ1v) is 8.14. The molecule has 0 saturated carbocycles. The molecular formula is C16H19N3OS. The minimum absolute atomic E-state index is 0.0976. The number of hydrogen-bond acceptors (Lipinski definition) is 4. The van der Waals surface area contributed by atoms with Gasteiger partial charge in [-0.15, -0.1) is 11.3 Å². The van der Waals surface area contributed by atoms with E-state index in [0.717, 1.165) is 31.4 Å². The number of carbonyl (C=O) groups is 1. The van der Waals surface area contributed by atoms with E-state index in [9.17, 15) is 4.79 Å². The number of nitrogens with two attached hydrogens (primary N) is 1. The van der Waals surface area contributed by atoms with Crippen molar-refractivity contribution in [1.82, 2.24) is 10.3 Å². The topological polar surface area (TPSA) is 68.0 Å². The lowest BCUT2D eigenvalue weighted by Crippen LogP contribution is -2.35. The maximum Gasteiger partial charge on any atom is 0.223 e. The highest BCUT2D eigenvalue weighted by Gasteiger charge is 2.23. The lowest BCUT2D eigenvalue weighted by atomic mass is 9.83. The van der Waals surface area contributed by atoms with Gasteiger partial charge in [0.15, 0.2) is 5.13 Å². The summed E-state index contributed by atoms with van der Waals surface area (Å²) in [6.07, 6.45) is 3.53. The predicted molar refractivity (Wildman–Crippen MR) is 85.2 cm³/mol. The minimum atomic E-state index is 0.0976. The molecular weight excluding hydrogens is 282 g/mol. The van der Waals surface area contributed by atoms with E-state index >= 15 is 0 Å². The van der Waals surface area contributed by atoms with Gasteiger partial charge < -0.3 is 11.1 Å². The zero-order valence-electron chi connectivity index (χ0n) is 11.8. The molecule has 110 valence electrons. The molecule has 1 aromatic heterocycles. The minimum Gasteiger partial charge on any atom is -0.375 e. The number of nitrogens with one attached hydrogen (secondary N) is 1. The van der Waals surface area contributed by atoms with Crippen LogP contribution in [0.4, 0.5) is 5.13 Å². The summed E-state index contributed by atoms with van der Waals surface area (Å²) >= 11 is 1.44. The molecule has 1 aromatic carbocycles. The molecule has 1 amide bonds. The number of fused-ring (bicyclic) bond motifs is 1. The van der Waals surface area contributed by atoms with E-state index in [0.29, 0.717) is 11.7 Å². The van der Waals surface area contributed by atoms with Crippen molar-refractivity contribution in [2.45, 2.75) is 25.7 Å². The van der Waals surface area contributed by atoms with Gasteiger partial charge in [-0.25, -0.2) is 4.98 Å². The number of hydrogen-bond donors (Lipinski definition) is 2. The summed E-state index contributed by atoms with van der Waals surface area (Å²) in [7, 11) is 0. The molecule has 4 nitrogen and oxygen atoms in total. The van der Waals surface area contributed by atoms with Crippen LogP contribution in [0.5, 0.6) is 0 Å². The van der Waals surface area contributed by atoms with Crippen molar-refractivity contribution in [3.05, 3.63) is 46.5 Å². The Morgan fingerprint density at radius 1 is 1.38 bits per heavy atom. The SMILES string of the molecule is Nc1nc(CCNC(=O)[C@@H]2CCc3ccccc3C2)cs1. The van der Waals surface area contributed by atoms with Crippen LogP contribution >= 0.6 is 11.3 Å². The molecule has 2 aromatic rings. The van der Waals surface area contributed by atoms with Gasteiger partial charge in [0.2, 0.25) is 5.91 Å². The molecule has 0 radical (unpaired) electrons. The first-order chi connectivity index (χ1) is 10.2. The quantitative estimate of drug-likeness (QED) is 0.909. The van der Waals surface area contributed by atoms with E-state index < -0.39 is 0 Å². The van der Waals surface area contributed by atoms with Gasteiger partial charge in [0.1, 0.15) is 0 Å². The number of aryl methyl sites for hydroxylation is 1. The lowest BCUT2D eigenvalue weighted by molar-refractivity contribution is -0.125. The Bertz CT molecular complexity index is 638. The fourth-order valence-electron chi connectivity index (χ4n) is 2.82. The fourth-order valence-corrected chi connectivity index (χ4v) is 3.41. The number of carbonyl (C=O) groups excluding carboxylic acids is 1. The number of benzene rings is 1. The summed E-state index contributed by atoms with van der Waals surface area (Å²) in [5.74, 6) is 0.258. The number of nitrogen functional groups attached to an aromatic ring is 1. The van der Waals surface area contributed by atoms with Crippen molar-refractivity contribution in [2.24, 2.45) is 5.92 Å². The van der Waals surface area contributed by atoms with Crippen LogP contribution in [-0.4, -0.2) is 17.4 Å². The van der Waals surface area contributed by atoms with E-state index in [2.05, 4.69) is 28.5 Å². The molecule has 1 atom stereocenters. The molecule has 0 saturated heterocycles. The Labute approximate surface area is 128 Å². The molecule has 0 spiro atoms. The Hall–Kier alpha value is -1.88. The normalized spacial score (nSPS) is 17.2. The van der Waals surface area contributed by atoms with Gasteiger partial charge >= 0.3 is 0 Å². The maximum atomic E-state index is 12.2. The van der Waals surface area contributed by atoms with Crippen molar-refractivity contribution in [2.75, 3.05) is 12.3 Å². The number of nitrogens with zero attached hydrogens (tertiary/aromatic N) is 1. The van der Waals surface area contributed by atoms with E-state index in [1.165, 1.54) is 22.5 Å². The highest BCUT2D eigenvalue weighted by atomic mass is 32.1. The maximum absolute atomic E-state index is 12.2. The fraction of sp³-hybridized carbons (Fsp3) is 0.375. The van der Waals surface area contributed by atoms with Crippen LogP contribution in [0.25, 0.3) is 0 Å². The molecule has 21 heavy (non-hydrogen) atoms. The van der Waals surface area contributed by atoms with Gasteiger partial charge in [0, 0.05) is 24.3 Å². The summed E-state index contributed by atoms with van der Waals surface area (Å²) in [5, 5.41) is 5.55. The number of aromatic nitrogens is 1. The van der Waals surface area contributed by atoms with Gasteiger partial charge in [-0.3, -0.25) is 4.79 Å². The van der Waals surface area contributed by atoms with Gasteiger partial charge in [-0.05, 0) is 30.4 Å². The van der Waals surface area contributed by atoms with Crippen LogP contribution in [0.2, 0.25) is 0 Å². The third-order valence-corrected chi connectivity index (χ3v) is 4.69. The van der Waals surface area contributed by atoms with E-state index in [1.54, 1.807) is 0 Å². The highest BCUT2D eigenvalue weighted by Crippen LogP contribution is 2.25. The van der Waals surface area contributed by atoms with E-state index in [-0.39, 0.29) is 11.8 Å². The number of amides is 1. The van der Waals surface area contributed by atoms with Crippen LogP contribution in [0.3, 0.4) is 0 Å². The van der Waals surface area contributed by atoms with Crippen molar-refractivity contribution in [3.63, 3.8) is 0 Å². The first kappa shape index (κ1) is 14.1. The zero-order chi connectivity index (χ0) is 14.7. The van der Waals surface area contributed by atoms with Crippen LogP contribution in [-0.2, 0) is 24.1 Å². The van der Waals surface area contributed by atoms with Crippen molar-refractivity contribution in [1.29, 1.82) is 0 Å². The van der Waals surface area contributed by atoms with Crippen LogP contribution in [0, 0.1) is 5.92 Å². The van der Waals surface area contributed by atoms with Crippen molar-refractivity contribution in [3.8, 4) is 0 Å². The second-order valence-electron chi connectivity index (χ2n) is 5.43. The van der Waals surface area contributed by atoms with Crippen molar-refractivity contribution >= 4 is 22.4 Å². The smallest absolute Gasteiger partial charge is 0.223 e. The zero-order valence-corrected chi connectivity index (χ0v) is 12.7. The summed E-state index contributed by atoms with van der Waals surface area (Å²) in [6.45, 7) is 0.625. The van der Waals surface area contributed by atoms with Crippen LogP contribution in [0.15, 0.2) is 29.6 Å². The largest absolute Gasteiger partial charge is 0.375 e. The highest BCUT2D eigenvalue weighted by molar-refractivity contribution is 7.13. The first-order valence-electron chi connectivity index (χ1n) is 7.27. The summed E-state index contributed by atoms with van der Waals surface area (Å²) in [5.41, 5.74) is 9.25. The summed E-state index contributed by atoms with van der Waals surface area (Å²) in [4.78, 5) is 16.4. The molecule has 0 fully saturated rings. The lowest BCUT2D eigenvalue weighted by Gasteiger charge is -2.23. The second-order valence-corrected chi connectivity index (χ2v) is 6.32. The van der Waals surface area contributed by atoms with E-state index in [1.807, 2.05) is 11.4 Å². The van der Waals surface area contributed by atoms with Gasteiger partial charge in [-0.1, -0.05) is 24.3 Å².